The molecular formula is C14H18N2O2. The van der Waals surface area contributed by atoms with E-state index in [1.165, 1.54) is 0 Å². The molecule has 1 unspecified atom stereocenters. The van der Waals surface area contributed by atoms with E-state index in [0.717, 1.165) is 5.56 Å². The van der Waals surface area contributed by atoms with E-state index in [9.17, 15) is 4.79 Å². The molecular weight excluding hydrogens is 228 g/mol. The number of carbonyl (C=O) groups is 1. The van der Waals surface area contributed by atoms with Gasteiger partial charge in [0.1, 0.15) is 0 Å². The molecule has 0 aliphatic rings. The maximum Gasteiger partial charge on any atom is 0.224 e. The fourth-order valence-electron chi connectivity index (χ4n) is 1.54. The van der Waals surface area contributed by atoms with E-state index in [1.54, 1.807) is 24.3 Å². The van der Waals surface area contributed by atoms with Gasteiger partial charge in [-0.1, -0.05) is 12.1 Å². The van der Waals surface area contributed by atoms with Crippen LogP contribution in [-0.4, -0.2) is 25.2 Å². The highest BCUT2D eigenvalue weighted by Gasteiger charge is 2.08. The summed E-state index contributed by atoms with van der Waals surface area (Å²) in [4.78, 5) is 11.7. The molecule has 0 saturated carbocycles. The van der Waals surface area contributed by atoms with Crippen molar-refractivity contribution < 1.29 is 9.53 Å². The highest BCUT2D eigenvalue weighted by atomic mass is 16.5. The van der Waals surface area contributed by atoms with Crippen LogP contribution < -0.4 is 5.32 Å². The van der Waals surface area contributed by atoms with Crippen molar-refractivity contribution in [2.24, 2.45) is 0 Å². The number of hydrogen-bond donors (Lipinski definition) is 1. The fraction of sp³-hybridized carbons (Fsp3) is 0.429. The van der Waals surface area contributed by atoms with Crippen LogP contribution in [0.3, 0.4) is 0 Å². The summed E-state index contributed by atoms with van der Waals surface area (Å²) in [5.41, 5.74) is 1.50. The van der Waals surface area contributed by atoms with E-state index in [-0.39, 0.29) is 11.9 Å². The van der Waals surface area contributed by atoms with Crippen molar-refractivity contribution in [3.05, 3.63) is 35.4 Å². The van der Waals surface area contributed by atoms with Crippen LogP contribution in [0.4, 0.5) is 0 Å². The Balaban J connectivity index is 2.41. The summed E-state index contributed by atoms with van der Waals surface area (Å²) in [6.45, 7) is 5.00. The lowest BCUT2D eigenvalue weighted by molar-refractivity contribution is -0.121. The molecule has 0 saturated heterocycles. The molecule has 0 radical (unpaired) electrons. The molecule has 1 aromatic carbocycles. The second kappa shape index (κ2) is 7.46. The van der Waals surface area contributed by atoms with E-state index in [1.807, 2.05) is 19.9 Å². The van der Waals surface area contributed by atoms with Crippen LogP contribution in [0.25, 0.3) is 0 Å². The summed E-state index contributed by atoms with van der Waals surface area (Å²) in [6.07, 6.45) is 0.322. The Kier molecular flexibility index (Phi) is 5.89. The van der Waals surface area contributed by atoms with E-state index >= 15 is 0 Å². The molecule has 4 nitrogen and oxygen atoms in total. The second-order valence-corrected chi connectivity index (χ2v) is 4.11. The largest absolute Gasteiger partial charge is 0.380 e. The van der Waals surface area contributed by atoms with Gasteiger partial charge in [-0.3, -0.25) is 4.79 Å². The molecule has 0 spiro atoms. The minimum absolute atomic E-state index is 0.0100. The normalized spacial score (nSPS) is 11.6. The molecule has 1 N–H and O–H groups in total. The molecule has 0 fully saturated rings. The van der Waals surface area contributed by atoms with Gasteiger partial charge in [-0.25, -0.2) is 0 Å². The average molecular weight is 246 g/mol. The Labute approximate surface area is 108 Å². The zero-order valence-electron chi connectivity index (χ0n) is 10.8. The van der Waals surface area contributed by atoms with Crippen molar-refractivity contribution in [1.82, 2.24) is 5.32 Å². The third-order valence-corrected chi connectivity index (χ3v) is 2.43. The molecule has 96 valence electrons. The summed E-state index contributed by atoms with van der Waals surface area (Å²) < 4.78 is 5.23. The van der Waals surface area contributed by atoms with Gasteiger partial charge < -0.3 is 10.1 Å². The molecule has 1 amide bonds. The highest BCUT2D eigenvalue weighted by Crippen LogP contribution is 2.04. The van der Waals surface area contributed by atoms with Gasteiger partial charge in [-0.2, -0.15) is 5.26 Å². The maximum atomic E-state index is 11.7. The first-order valence-electron chi connectivity index (χ1n) is 6.01. The number of ether oxygens (including phenoxy) is 1. The van der Waals surface area contributed by atoms with Gasteiger partial charge >= 0.3 is 0 Å². The number of nitrogens with one attached hydrogen (secondary N) is 1. The van der Waals surface area contributed by atoms with Crippen molar-refractivity contribution in [1.29, 1.82) is 5.26 Å². The Bertz CT molecular complexity index is 420. The third kappa shape index (κ3) is 4.98. The molecule has 0 bridgehead atoms. The summed E-state index contributed by atoms with van der Waals surface area (Å²) in [5, 5.41) is 11.5. The molecule has 18 heavy (non-hydrogen) atoms. The molecule has 0 aliphatic carbocycles. The van der Waals surface area contributed by atoms with Crippen molar-refractivity contribution in [2.75, 3.05) is 13.2 Å². The van der Waals surface area contributed by atoms with Crippen LogP contribution in [0.5, 0.6) is 0 Å². The lowest BCUT2D eigenvalue weighted by Crippen LogP contribution is -2.36. The van der Waals surface area contributed by atoms with Crippen LogP contribution in [0.2, 0.25) is 0 Å². The van der Waals surface area contributed by atoms with Crippen LogP contribution in [0.15, 0.2) is 24.3 Å². The van der Waals surface area contributed by atoms with Crippen molar-refractivity contribution >= 4 is 5.91 Å². The standard InChI is InChI=1S/C14H18N2O2/c1-3-18-10-11(2)16-14(17)8-12-4-6-13(9-15)7-5-12/h4-7,11H,3,8,10H2,1-2H3,(H,16,17). The molecule has 0 aliphatic heterocycles. The quantitative estimate of drug-likeness (QED) is 0.830. The lowest BCUT2D eigenvalue weighted by Gasteiger charge is -2.13. The van der Waals surface area contributed by atoms with Crippen LogP contribution >= 0.6 is 0 Å². The maximum absolute atomic E-state index is 11.7. The molecule has 1 rings (SSSR count). The third-order valence-electron chi connectivity index (χ3n) is 2.43. The zero-order valence-corrected chi connectivity index (χ0v) is 10.8. The zero-order chi connectivity index (χ0) is 13.4. The number of nitriles is 1. The first-order chi connectivity index (χ1) is 8.65. The first-order valence-corrected chi connectivity index (χ1v) is 6.01. The molecule has 0 heterocycles. The molecule has 0 aromatic heterocycles. The Morgan fingerprint density at radius 3 is 2.67 bits per heavy atom. The Morgan fingerprint density at radius 2 is 2.11 bits per heavy atom. The van der Waals surface area contributed by atoms with Gasteiger partial charge in [0, 0.05) is 12.6 Å². The Morgan fingerprint density at radius 1 is 1.44 bits per heavy atom. The fourth-order valence-corrected chi connectivity index (χ4v) is 1.54. The summed E-state index contributed by atoms with van der Waals surface area (Å²) >= 11 is 0. The number of nitrogens with zero attached hydrogens (tertiary/aromatic N) is 1. The van der Waals surface area contributed by atoms with E-state index in [2.05, 4.69) is 5.32 Å². The summed E-state index contributed by atoms with van der Waals surface area (Å²) in [5.74, 6) is -0.0353. The van der Waals surface area contributed by atoms with Gasteiger partial charge in [0.2, 0.25) is 5.91 Å². The van der Waals surface area contributed by atoms with Gasteiger partial charge in [-0.05, 0) is 31.5 Å². The van der Waals surface area contributed by atoms with Crippen molar-refractivity contribution in [2.45, 2.75) is 26.3 Å². The average Bonchev–Trinajstić information content (AvgIpc) is 2.37. The lowest BCUT2D eigenvalue weighted by atomic mass is 10.1. The topological polar surface area (TPSA) is 62.1 Å². The van der Waals surface area contributed by atoms with E-state index in [0.29, 0.717) is 25.2 Å². The molecule has 4 heteroatoms. The minimum Gasteiger partial charge on any atom is -0.380 e. The first kappa shape index (κ1) is 14.2. The van der Waals surface area contributed by atoms with Crippen LogP contribution in [-0.2, 0) is 16.0 Å². The number of amides is 1. The smallest absolute Gasteiger partial charge is 0.224 e. The second-order valence-electron chi connectivity index (χ2n) is 4.11. The van der Waals surface area contributed by atoms with Crippen molar-refractivity contribution in [3.63, 3.8) is 0 Å². The van der Waals surface area contributed by atoms with E-state index in [4.69, 9.17) is 10.00 Å². The van der Waals surface area contributed by atoms with Gasteiger partial charge in [0.15, 0.2) is 0 Å². The minimum atomic E-state index is -0.0353. The predicted molar refractivity (Wildman–Crippen MR) is 69.0 cm³/mol. The van der Waals surface area contributed by atoms with Crippen molar-refractivity contribution in [3.8, 4) is 6.07 Å². The molecule has 1 aromatic rings. The van der Waals surface area contributed by atoms with E-state index < -0.39 is 0 Å². The Hall–Kier alpha value is -1.86. The number of carbonyl (C=O) groups excluding carboxylic acids is 1. The number of rotatable bonds is 6. The van der Waals surface area contributed by atoms with Gasteiger partial charge in [0.25, 0.3) is 0 Å². The predicted octanol–water partition coefficient (Wildman–Crippen LogP) is 1.64. The summed E-state index contributed by atoms with van der Waals surface area (Å²) in [6, 6.07) is 9.08. The van der Waals surface area contributed by atoms with Crippen LogP contribution in [0, 0.1) is 11.3 Å². The summed E-state index contributed by atoms with van der Waals surface area (Å²) in [7, 11) is 0. The number of benzene rings is 1. The highest BCUT2D eigenvalue weighted by molar-refractivity contribution is 5.78. The van der Waals surface area contributed by atoms with Gasteiger partial charge in [0.05, 0.1) is 24.7 Å². The molecule has 1 atom stereocenters. The van der Waals surface area contributed by atoms with Crippen LogP contribution in [0.1, 0.15) is 25.0 Å². The monoisotopic (exact) mass is 246 g/mol. The van der Waals surface area contributed by atoms with Gasteiger partial charge in [-0.15, -0.1) is 0 Å². The SMILES string of the molecule is CCOCC(C)NC(=O)Cc1ccc(C#N)cc1. The number of hydrogen-bond acceptors (Lipinski definition) is 3.